The van der Waals surface area contributed by atoms with Gasteiger partial charge >= 0.3 is 0 Å². The number of anilines is 1. The molecular weight excluding hydrogens is 314 g/mol. The van der Waals surface area contributed by atoms with Crippen molar-refractivity contribution in [2.75, 3.05) is 5.32 Å². The number of benzene rings is 1. The molecule has 0 fully saturated rings. The van der Waals surface area contributed by atoms with Crippen LogP contribution in [0.5, 0.6) is 0 Å². The number of aromatic nitrogens is 2. The van der Waals surface area contributed by atoms with E-state index in [2.05, 4.69) is 10.3 Å². The van der Waals surface area contributed by atoms with Gasteiger partial charge in [0.05, 0.1) is 12.0 Å². The molecule has 4 rings (SSSR count). The molecular formula is C20H17N3O2. The van der Waals surface area contributed by atoms with Crippen molar-refractivity contribution >= 4 is 17.2 Å². The molecule has 0 unspecified atom stereocenters. The summed E-state index contributed by atoms with van der Waals surface area (Å²) in [6.07, 6.45) is 6.57. The van der Waals surface area contributed by atoms with Crippen molar-refractivity contribution in [3.8, 4) is 11.3 Å². The predicted molar refractivity (Wildman–Crippen MR) is 96.3 cm³/mol. The summed E-state index contributed by atoms with van der Waals surface area (Å²) in [4.78, 5) is 16.6. The lowest BCUT2D eigenvalue weighted by Crippen LogP contribution is -2.12. The number of amides is 1. The van der Waals surface area contributed by atoms with E-state index in [1.54, 1.807) is 6.26 Å². The third-order valence-electron chi connectivity index (χ3n) is 4.01. The summed E-state index contributed by atoms with van der Waals surface area (Å²) in [7, 11) is 0. The van der Waals surface area contributed by atoms with E-state index in [4.69, 9.17) is 4.42 Å². The lowest BCUT2D eigenvalue weighted by molar-refractivity contribution is -0.116. The van der Waals surface area contributed by atoms with Crippen molar-refractivity contribution < 1.29 is 9.21 Å². The number of aryl methyl sites for hydroxylation is 1. The molecule has 124 valence electrons. The number of rotatable bonds is 5. The number of nitrogens with zero attached hydrogens (tertiary/aromatic N) is 2. The fourth-order valence-electron chi connectivity index (χ4n) is 2.71. The molecule has 5 nitrogen and oxygen atoms in total. The Morgan fingerprint density at radius 3 is 2.72 bits per heavy atom. The van der Waals surface area contributed by atoms with Crippen LogP contribution in [0.4, 0.5) is 5.69 Å². The molecule has 0 aliphatic carbocycles. The van der Waals surface area contributed by atoms with Crippen LogP contribution in [0.3, 0.4) is 0 Å². The normalized spacial score (nSPS) is 10.9. The minimum atomic E-state index is -0.0307. The van der Waals surface area contributed by atoms with Gasteiger partial charge in [0.2, 0.25) is 5.91 Å². The van der Waals surface area contributed by atoms with Crippen LogP contribution in [-0.2, 0) is 11.2 Å². The topological polar surface area (TPSA) is 59.5 Å². The molecule has 25 heavy (non-hydrogen) atoms. The Labute approximate surface area is 144 Å². The first kappa shape index (κ1) is 15.2. The largest absolute Gasteiger partial charge is 0.469 e. The number of carbonyl (C=O) groups excluding carboxylic acids is 1. The van der Waals surface area contributed by atoms with Crippen LogP contribution in [0.1, 0.15) is 12.2 Å². The molecule has 4 aromatic rings. The van der Waals surface area contributed by atoms with Crippen molar-refractivity contribution in [1.82, 2.24) is 9.38 Å². The zero-order valence-corrected chi connectivity index (χ0v) is 13.6. The van der Waals surface area contributed by atoms with Crippen LogP contribution in [0.2, 0.25) is 0 Å². The van der Waals surface area contributed by atoms with Crippen LogP contribution in [0.25, 0.3) is 16.9 Å². The second-order valence-corrected chi connectivity index (χ2v) is 5.80. The third kappa shape index (κ3) is 3.45. The number of hydrogen-bond donors (Lipinski definition) is 1. The van der Waals surface area contributed by atoms with E-state index in [-0.39, 0.29) is 5.91 Å². The SMILES string of the molecule is O=C(CCc1ccco1)Nc1ccc(-c2cn3ccccc3n2)cc1. The van der Waals surface area contributed by atoms with E-state index in [0.29, 0.717) is 12.8 Å². The van der Waals surface area contributed by atoms with Gasteiger partial charge in [0.15, 0.2) is 0 Å². The quantitative estimate of drug-likeness (QED) is 0.597. The van der Waals surface area contributed by atoms with Crippen molar-refractivity contribution in [2.45, 2.75) is 12.8 Å². The second-order valence-electron chi connectivity index (χ2n) is 5.80. The highest BCUT2D eigenvalue weighted by molar-refractivity contribution is 5.91. The third-order valence-corrected chi connectivity index (χ3v) is 4.01. The van der Waals surface area contributed by atoms with E-state index in [0.717, 1.165) is 28.4 Å². The molecule has 1 N–H and O–H groups in total. The first-order chi connectivity index (χ1) is 12.3. The molecule has 0 bridgehead atoms. The Morgan fingerprint density at radius 1 is 1.08 bits per heavy atom. The van der Waals surface area contributed by atoms with Gasteiger partial charge in [-0.3, -0.25) is 4.79 Å². The fourth-order valence-corrected chi connectivity index (χ4v) is 2.71. The minimum absolute atomic E-state index is 0.0307. The smallest absolute Gasteiger partial charge is 0.224 e. The van der Waals surface area contributed by atoms with Gasteiger partial charge in [-0.2, -0.15) is 0 Å². The average Bonchev–Trinajstić information content (AvgIpc) is 3.30. The Balaban J connectivity index is 1.42. The number of furan rings is 1. The molecule has 0 saturated carbocycles. The van der Waals surface area contributed by atoms with Crippen molar-refractivity contribution in [3.05, 3.63) is 79.0 Å². The summed E-state index contributed by atoms with van der Waals surface area (Å²) < 4.78 is 7.22. The molecule has 0 aliphatic rings. The minimum Gasteiger partial charge on any atom is -0.469 e. The van der Waals surface area contributed by atoms with Gasteiger partial charge in [-0.05, 0) is 36.4 Å². The molecule has 1 aromatic carbocycles. The van der Waals surface area contributed by atoms with Crippen molar-refractivity contribution in [1.29, 1.82) is 0 Å². The summed E-state index contributed by atoms with van der Waals surface area (Å²) >= 11 is 0. The lowest BCUT2D eigenvalue weighted by atomic mass is 10.1. The molecule has 0 saturated heterocycles. The number of hydrogen-bond acceptors (Lipinski definition) is 3. The van der Waals surface area contributed by atoms with Crippen LogP contribution in [-0.4, -0.2) is 15.3 Å². The molecule has 0 aliphatic heterocycles. The zero-order valence-electron chi connectivity index (χ0n) is 13.6. The number of pyridine rings is 1. The van der Waals surface area contributed by atoms with Gasteiger partial charge in [-0.15, -0.1) is 0 Å². The van der Waals surface area contributed by atoms with Crippen LogP contribution >= 0.6 is 0 Å². The molecule has 5 heteroatoms. The van der Waals surface area contributed by atoms with Gasteiger partial charge in [-0.25, -0.2) is 4.98 Å². The maximum absolute atomic E-state index is 12.0. The second kappa shape index (κ2) is 6.65. The molecule has 0 radical (unpaired) electrons. The van der Waals surface area contributed by atoms with E-state index >= 15 is 0 Å². The number of carbonyl (C=O) groups is 1. The summed E-state index contributed by atoms with van der Waals surface area (Å²) in [6, 6.07) is 17.3. The Kier molecular flexibility index (Phi) is 4.04. The Bertz CT molecular complexity index is 952. The van der Waals surface area contributed by atoms with Gasteiger partial charge < -0.3 is 14.1 Å². The maximum atomic E-state index is 12.0. The fraction of sp³-hybridized carbons (Fsp3) is 0.100. The van der Waals surface area contributed by atoms with E-state index < -0.39 is 0 Å². The number of fused-ring (bicyclic) bond motifs is 1. The zero-order chi connectivity index (χ0) is 17.1. The Hall–Kier alpha value is -3.34. The highest BCUT2D eigenvalue weighted by atomic mass is 16.3. The molecule has 3 heterocycles. The van der Waals surface area contributed by atoms with E-state index in [9.17, 15) is 4.79 Å². The lowest BCUT2D eigenvalue weighted by Gasteiger charge is -2.05. The van der Waals surface area contributed by atoms with E-state index in [1.807, 2.05) is 71.4 Å². The van der Waals surface area contributed by atoms with Crippen LogP contribution < -0.4 is 5.32 Å². The summed E-state index contributed by atoms with van der Waals surface area (Å²) in [6.45, 7) is 0. The monoisotopic (exact) mass is 331 g/mol. The highest BCUT2D eigenvalue weighted by Gasteiger charge is 2.07. The number of nitrogens with one attached hydrogen (secondary N) is 1. The molecule has 1 amide bonds. The Morgan fingerprint density at radius 2 is 1.96 bits per heavy atom. The highest BCUT2D eigenvalue weighted by Crippen LogP contribution is 2.21. The first-order valence-electron chi connectivity index (χ1n) is 8.14. The van der Waals surface area contributed by atoms with Gasteiger partial charge in [-0.1, -0.05) is 18.2 Å². The van der Waals surface area contributed by atoms with Gasteiger partial charge in [0, 0.05) is 36.5 Å². The molecule has 0 spiro atoms. The summed E-state index contributed by atoms with van der Waals surface area (Å²) in [5.74, 6) is 0.786. The predicted octanol–water partition coefficient (Wildman–Crippen LogP) is 4.17. The van der Waals surface area contributed by atoms with E-state index in [1.165, 1.54) is 0 Å². The van der Waals surface area contributed by atoms with Gasteiger partial charge in [0.25, 0.3) is 0 Å². The summed E-state index contributed by atoms with van der Waals surface area (Å²) in [5, 5.41) is 2.90. The summed E-state index contributed by atoms with van der Waals surface area (Å²) in [5.41, 5.74) is 3.60. The van der Waals surface area contributed by atoms with Crippen molar-refractivity contribution in [3.63, 3.8) is 0 Å². The average molecular weight is 331 g/mol. The first-order valence-corrected chi connectivity index (χ1v) is 8.14. The maximum Gasteiger partial charge on any atom is 0.224 e. The van der Waals surface area contributed by atoms with Crippen LogP contribution in [0, 0.1) is 0 Å². The molecule has 0 atom stereocenters. The molecule has 3 aromatic heterocycles. The number of imidazole rings is 1. The van der Waals surface area contributed by atoms with Crippen molar-refractivity contribution in [2.24, 2.45) is 0 Å². The van der Waals surface area contributed by atoms with Gasteiger partial charge in [0.1, 0.15) is 11.4 Å². The standard InChI is InChI=1S/C20H17N3O2/c24-20(11-10-17-4-3-13-25-17)21-16-8-6-15(7-9-16)18-14-23-12-2-1-5-19(23)22-18/h1-9,12-14H,10-11H2,(H,21,24). The van der Waals surface area contributed by atoms with Crippen LogP contribution in [0.15, 0.2) is 77.7 Å².